The summed E-state index contributed by atoms with van der Waals surface area (Å²) in [6.45, 7) is 6.15. The van der Waals surface area contributed by atoms with Crippen molar-refractivity contribution in [3.05, 3.63) is 28.7 Å². The maximum absolute atomic E-state index is 12.0. The van der Waals surface area contributed by atoms with Crippen LogP contribution in [0.25, 0.3) is 0 Å². The third-order valence-corrected chi connectivity index (χ3v) is 4.61. The van der Waals surface area contributed by atoms with E-state index in [1.807, 2.05) is 24.3 Å². The zero-order chi connectivity index (χ0) is 14.8. The number of carbonyl (C=O) groups is 1. The second-order valence-electron chi connectivity index (χ2n) is 5.71. The van der Waals surface area contributed by atoms with Crippen LogP contribution in [0.5, 0.6) is 0 Å². The van der Waals surface area contributed by atoms with Gasteiger partial charge in [-0.3, -0.25) is 4.79 Å². The number of nitrogens with zero attached hydrogens (tertiary/aromatic N) is 1. The maximum atomic E-state index is 12.0. The molecule has 3 N–H and O–H groups in total. The van der Waals surface area contributed by atoms with Crippen LogP contribution in [0.4, 0.5) is 5.69 Å². The van der Waals surface area contributed by atoms with E-state index in [0.717, 1.165) is 36.1 Å². The van der Waals surface area contributed by atoms with E-state index in [1.54, 1.807) is 0 Å². The zero-order valence-corrected chi connectivity index (χ0v) is 13.6. The molecule has 1 heterocycles. The minimum absolute atomic E-state index is 0.260. The molecule has 0 saturated carbocycles. The Bertz CT molecular complexity index is 465. The van der Waals surface area contributed by atoms with Crippen LogP contribution in [-0.2, 0) is 4.79 Å². The number of benzene rings is 1. The number of halogens is 1. The van der Waals surface area contributed by atoms with Gasteiger partial charge in [0, 0.05) is 29.3 Å². The molecular weight excluding hydrogens is 318 g/mol. The first kappa shape index (κ1) is 15.3. The average Bonchev–Trinajstić information content (AvgIpc) is 2.42. The lowest BCUT2D eigenvalue weighted by Gasteiger charge is -2.42. The van der Waals surface area contributed by atoms with Crippen molar-refractivity contribution in [2.75, 3.05) is 18.4 Å². The van der Waals surface area contributed by atoms with E-state index >= 15 is 0 Å². The quantitative estimate of drug-likeness (QED) is 0.886. The summed E-state index contributed by atoms with van der Waals surface area (Å²) < 4.78 is 1.02. The van der Waals surface area contributed by atoms with Gasteiger partial charge in [0.15, 0.2) is 0 Å². The molecule has 0 spiro atoms. The lowest BCUT2D eigenvalue weighted by molar-refractivity contribution is -0.124. The number of likely N-dealkylation sites (tertiary alicyclic amines) is 1. The van der Waals surface area contributed by atoms with Crippen LogP contribution in [0.15, 0.2) is 28.7 Å². The fourth-order valence-electron chi connectivity index (χ4n) is 2.66. The van der Waals surface area contributed by atoms with Gasteiger partial charge in [0.05, 0.1) is 0 Å². The number of piperidine rings is 1. The molecule has 1 fully saturated rings. The Morgan fingerprint density at radius 1 is 1.30 bits per heavy atom. The Morgan fingerprint density at radius 3 is 2.30 bits per heavy atom. The van der Waals surface area contributed by atoms with E-state index in [4.69, 9.17) is 5.73 Å². The first-order valence-corrected chi connectivity index (χ1v) is 7.80. The first-order valence-electron chi connectivity index (χ1n) is 7.01. The Labute approximate surface area is 128 Å². The Hall–Kier alpha value is -1.07. The normalized spacial score (nSPS) is 19.0. The number of hydrogen-bond acceptors (Lipinski definition) is 3. The van der Waals surface area contributed by atoms with Crippen LogP contribution in [0.1, 0.15) is 26.7 Å². The van der Waals surface area contributed by atoms with Crippen LogP contribution in [0, 0.1) is 0 Å². The third kappa shape index (κ3) is 3.33. The van der Waals surface area contributed by atoms with Gasteiger partial charge in [0.1, 0.15) is 5.54 Å². The highest BCUT2D eigenvalue weighted by Crippen LogP contribution is 2.28. The fourth-order valence-corrected chi connectivity index (χ4v) is 2.93. The molecule has 2 rings (SSSR count). The number of nitrogens with two attached hydrogens (primary N) is 1. The average molecular weight is 340 g/mol. The number of primary amides is 1. The van der Waals surface area contributed by atoms with Gasteiger partial charge in [0.25, 0.3) is 0 Å². The van der Waals surface area contributed by atoms with Gasteiger partial charge in [-0.15, -0.1) is 0 Å². The molecule has 0 aromatic heterocycles. The van der Waals surface area contributed by atoms with E-state index < -0.39 is 5.54 Å². The summed E-state index contributed by atoms with van der Waals surface area (Å²) in [6.07, 6.45) is 1.49. The summed E-state index contributed by atoms with van der Waals surface area (Å²) in [6, 6.07) is 8.35. The molecule has 4 nitrogen and oxygen atoms in total. The van der Waals surface area contributed by atoms with Crippen LogP contribution in [0.3, 0.4) is 0 Å². The Balaban J connectivity index is 2.12. The third-order valence-electron chi connectivity index (χ3n) is 4.08. The molecule has 1 aliphatic heterocycles. The predicted molar refractivity (Wildman–Crippen MR) is 85.6 cm³/mol. The molecule has 0 aliphatic carbocycles. The minimum Gasteiger partial charge on any atom is -0.371 e. The van der Waals surface area contributed by atoms with Crippen molar-refractivity contribution in [1.82, 2.24) is 4.90 Å². The van der Waals surface area contributed by atoms with Gasteiger partial charge in [-0.1, -0.05) is 15.9 Å². The lowest BCUT2D eigenvalue weighted by Crippen LogP contribution is -2.57. The number of hydrogen-bond donors (Lipinski definition) is 2. The number of anilines is 1. The predicted octanol–water partition coefficient (Wildman–Crippen LogP) is 2.59. The molecule has 1 aromatic rings. The molecule has 1 amide bonds. The van der Waals surface area contributed by atoms with Crippen molar-refractivity contribution < 1.29 is 4.79 Å². The Morgan fingerprint density at radius 2 is 1.85 bits per heavy atom. The fraction of sp³-hybridized carbons (Fsp3) is 0.533. The van der Waals surface area contributed by atoms with E-state index in [-0.39, 0.29) is 5.91 Å². The molecule has 0 bridgehead atoms. The smallest absolute Gasteiger partial charge is 0.243 e. The highest BCUT2D eigenvalue weighted by molar-refractivity contribution is 9.10. The van der Waals surface area contributed by atoms with E-state index in [9.17, 15) is 4.79 Å². The van der Waals surface area contributed by atoms with Crippen LogP contribution >= 0.6 is 15.9 Å². The summed E-state index contributed by atoms with van der Waals surface area (Å²) in [5, 5.41) is 3.36. The number of rotatable bonds is 4. The Kier molecular flexibility index (Phi) is 4.70. The van der Waals surface area contributed by atoms with Crippen molar-refractivity contribution >= 4 is 27.5 Å². The highest BCUT2D eigenvalue weighted by atomic mass is 79.9. The van der Waals surface area contributed by atoms with Gasteiger partial charge < -0.3 is 16.0 Å². The molecule has 110 valence electrons. The largest absolute Gasteiger partial charge is 0.371 e. The maximum Gasteiger partial charge on any atom is 0.243 e. The minimum atomic E-state index is -0.626. The SMILES string of the molecule is CC(C)N1CCC(Nc2ccc(Br)cc2)(C(N)=O)CC1. The second-order valence-corrected chi connectivity index (χ2v) is 6.62. The zero-order valence-electron chi connectivity index (χ0n) is 12.0. The highest BCUT2D eigenvalue weighted by Gasteiger charge is 2.40. The molecule has 0 unspecified atom stereocenters. The monoisotopic (exact) mass is 339 g/mol. The van der Waals surface area contributed by atoms with Crippen molar-refractivity contribution in [3.8, 4) is 0 Å². The molecule has 1 aliphatic rings. The van der Waals surface area contributed by atoms with Crippen molar-refractivity contribution in [3.63, 3.8) is 0 Å². The number of carbonyl (C=O) groups excluding carboxylic acids is 1. The van der Waals surface area contributed by atoms with Gasteiger partial charge >= 0.3 is 0 Å². The summed E-state index contributed by atoms with van der Waals surface area (Å²) >= 11 is 3.41. The summed E-state index contributed by atoms with van der Waals surface area (Å²) in [5.41, 5.74) is 5.98. The van der Waals surface area contributed by atoms with Gasteiger partial charge in [-0.2, -0.15) is 0 Å². The van der Waals surface area contributed by atoms with Crippen LogP contribution < -0.4 is 11.1 Å². The summed E-state index contributed by atoms with van der Waals surface area (Å²) in [7, 11) is 0. The number of nitrogens with one attached hydrogen (secondary N) is 1. The van der Waals surface area contributed by atoms with Gasteiger partial charge in [-0.05, 0) is 51.0 Å². The second kappa shape index (κ2) is 6.14. The number of amides is 1. The molecule has 1 saturated heterocycles. The van der Waals surface area contributed by atoms with Gasteiger partial charge in [0.2, 0.25) is 5.91 Å². The van der Waals surface area contributed by atoms with Crippen molar-refractivity contribution in [2.45, 2.75) is 38.3 Å². The topological polar surface area (TPSA) is 58.4 Å². The molecular formula is C15H22BrN3O. The molecule has 0 atom stereocenters. The molecule has 0 radical (unpaired) electrons. The van der Waals surface area contributed by atoms with Crippen LogP contribution in [0.2, 0.25) is 0 Å². The lowest BCUT2D eigenvalue weighted by atomic mass is 9.86. The van der Waals surface area contributed by atoms with E-state index in [1.165, 1.54) is 0 Å². The van der Waals surface area contributed by atoms with Crippen molar-refractivity contribution in [1.29, 1.82) is 0 Å². The summed E-state index contributed by atoms with van der Waals surface area (Å²) in [5.74, 6) is -0.260. The summed E-state index contributed by atoms with van der Waals surface area (Å²) in [4.78, 5) is 14.3. The van der Waals surface area contributed by atoms with Gasteiger partial charge in [-0.25, -0.2) is 0 Å². The van der Waals surface area contributed by atoms with E-state index in [2.05, 4.69) is 40.0 Å². The van der Waals surface area contributed by atoms with E-state index in [0.29, 0.717) is 6.04 Å². The molecule has 20 heavy (non-hydrogen) atoms. The first-order chi connectivity index (χ1) is 9.43. The standard InChI is InChI=1S/C15H22BrN3O/c1-11(2)19-9-7-15(8-10-19,14(17)20)18-13-5-3-12(16)4-6-13/h3-6,11,18H,7-10H2,1-2H3,(H2,17,20). The van der Waals surface area contributed by atoms with Crippen molar-refractivity contribution in [2.24, 2.45) is 5.73 Å². The molecule has 5 heteroatoms. The molecule has 1 aromatic carbocycles. The van der Waals surface area contributed by atoms with Crippen LogP contribution in [-0.4, -0.2) is 35.5 Å².